The number of nitrogens with zero attached hydrogens (tertiary/aromatic N) is 2. The molecule has 122 valence electrons. The first-order valence-corrected chi connectivity index (χ1v) is 8.87. The predicted octanol–water partition coefficient (Wildman–Crippen LogP) is 0.159. The summed E-state index contributed by atoms with van der Waals surface area (Å²) in [7, 11) is -3.78. The molecule has 1 aliphatic heterocycles. The fraction of sp³-hybridized carbons (Fsp3) is 0.571. The molecule has 7 nitrogen and oxygen atoms in total. The van der Waals surface area contributed by atoms with Gasteiger partial charge in [0.2, 0.25) is 15.9 Å². The zero-order valence-corrected chi connectivity index (χ0v) is 13.4. The average Bonchev–Trinajstić information content (AvgIpc) is 3.02. The zero-order valence-electron chi connectivity index (χ0n) is 12.6. The molecule has 1 N–H and O–H groups in total. The molecule has 2 heterocycles. The van der Waals surface area contributed by atoms with Crippen molar-refractivity contribution in [1.82, 2.24) is 14.2 Å². The van der Waals surface area contributed by atoms with Gasteiger partial charge in [-0.3, -0.25) is 9.59 Å². The van der Waals surface area contributed by atoms with Crippen LogP contribution in [0.25, 0.3) is 0 Å². The van der Waals surface area contributed by atoms with Crippen LogP contribution >= 0.6 is 0 Å². The summed E-state index contributed by atoms with van der Waals surface area (Å²) in [6.45, 7) is 3.15. The molecule has 0 aliphatic carbocycles. The van der Waals surface area contributed by atoms with Crippen molar-refractivity contribution in [2.24, 2.45) is 0 Å². The number of hydrogen-bond acceptors (Lipinski definition) is 4. The maximum absolute atomic E-state index is 12.5. The minimum atomic E-state index is -3.78. The van der Waals surface area contributed by atoms with Crippen LogP contribution in [0.15, 0.2) is 28.0 Å². The number of carbonyl (C=O) groups is 1. The summed E-state index contributed by atoms with van der Waals surface area (Å²) in [5.74, 6) is -0.306. The molecule has 0 saturated carbocycles. The van der Waals surface area contributed by atoms with Crippen molar-refractivity contribution in [1.29, 1.82) is 0 Å². The van der Waals surface area contributed by atoms with E-state index < -0.39 is 15.6 Å². The predicted molar refractivity (Wildman–Crippen MR) is 82.0 cm³/mol. The maximum atomic E-state index is 12.5. The Morgan fingerprint density at radius 3 is 2.64 bits per heavy atom. The Labute approximate surface area is 130 Å². The van der Waals surface area contributed by atoms with Gasteiger partial charge in [-0.05, 0) is 31.4 Å². The Hall–Kier alpha value is -1.67. The first kappa shape index (κ1) is 16.7. The number of amides is 1. The lowest BCUT2D eigenvalue weighted by Gasteiger charge is -2.15. The van der Waals surface area contributed by atoms with Gasteiger partial charge < -0.3 is 9.88 Å². The van der Waals surface area contributed by atoms with E-state index in [4.69, 9.17) is 0 Å². The molecule has 22 heavy (non-hydrogen) atoms. The Balaban J connectivity index is 2.26. The zero-order chi connectivity index (χ0) is 16.2. The van der Waals surface area contributed by atoms with Gasteiger partial charge in [0.1, 0.15) is 11.4 Å². The molecular formula is C14H21N3O4S. The van der Waals surface area contributed by atoms with Crippen molar-refractivity contribution < 1.29 is 13.2 Å². The van der Waals surface area contributed by atoms with Crippen LogP contribution in [-0.4, -0.2) is 42.8 Å². The lowest BCUT2D eigenvalue weighted by atomic mass is 10.4. The summed E-state index contributed by atoms with van der Waals surface area (Å²) in [6.07, 6.45) is 3.83. The number of rotatable bonds is 6. The third-order valence-corrected chi connectivity index (χ3v) is 5.47. The highest BCUT2D eigenvalue weighted by atomic mass is 32.2. The van der Waals surface area contributed by atoms with Gasteiger partial charge in [-0.2, -0.15) is 4.31 Å². The standard InChI is InChI=1S/C14H21N3O4S/c1-2-7-15-13(18)11-16-8-5-6-12(14(16)19)22(20,21)17-9-3-4-10-17/h5-6,8H,2-4,7,9-11H2,1H3,(H,15,18). The summed E-state index contributed by atoms with van der Waals surface area (Å²) in [6, 6.07) is 2.79. The maximum Gasteiger partial charge on any atom is 0.271 e. The lowest BCUT2D eigenvalue weighted by Crippen LogP contribution is -2.37. The van der Waals surface area contributed by atoms with Crippen LogP contribution < -0.4 is 10.9 Å². The Kier molecular flexibility index (Phi) is 5.36. The van der Waals surface area contributed by atoms with Gasteiger partial charge in [-0.25, -0.2) is 8.42 Å². The Morgan fingerprint density at radius 2 is 2.00 bits per heavy atom. The molecule has 0 radical (unpaired) electrons. The van der Waals surface area contributed by atoms with Gasteiger partial charge in [0, 0.05) is 25.8 Å². The van der Waals surface area contributed by atoms with E-state index in [9.17, 15) is 18.0 Å². The van der Waals surface area contributed by atoms with Crippen molar-refractivity contribution in [3.05, 3.63) is 28.7 Å². The van der Waals surface area contributed by atoms with Gasteiger partial charge in [-0.1, -0.05) is 6.92 Å². The SMILES string of the molecule is CCCNC(=O)Cn1cccc(S(=O)(=O)N2CCCC2)c1=O. The van der Waals surface area contributed by atoms with Crippen molar-refractivity contribution in [3.8, 4) is 0 Å². The fourth-order valence-electron chi connectivity index (χ4n) is 2.38. The molecule has 1 aliphatic rings. The smallest absolute Gasteiger partial charge is 0.271 e. The summed E-state index contributed by atoms with van der Waals surface area (Å²) < 4.78 is 27.4. The van der Waals surface area contributed by atoms with Crippen LogP contribution in [-0.2, 0) is 21.4 Å². The summed E-state index contributed by atoms with van der Waals surface area (Å²) >= 11 is 0. The summed E-state index contributed by atoms with van der Waals surface area (Å²) in [5, 5.41) is 2.66. The van der Waals surface area contributed by atoms with E-state index >= 15 is 0 Å². The Bertz CT molecular complexity index is 690. The minimum Gasteiger partial charge on any atom is -0.355 e. The third kappa shape index (κ3) is 3.56. The van der Waals surface area contributed by atoms with Gasteiger partial charge >= 0.3 is 0 Å². The lowest BCUT2D eigenvalue weighted by molar-refractivity contribution is -0.121. The fourth-order valence-corrected chi connectivity index (χ4v) is 3.98. The quantitative estimate of drug-likeness (QED) is 0.806. The monoisotopic (exact) mass is 327 g/mol. The highest BCUT2D eigenvalue weighted by molar-refractivity contribution is 7.89. The van der Waals surface area contributed by atoms with E-state index in [0.717, 1.165) is 23.8 Å². The first-order chi connectivity index (χ1) is 10.5. The molecule has 8 heteroatoms. The van der Waals surface area contributed by atoms with E-state index in [0.29, 0.717) is 19.6 Å². The van der Waals surface area contributed by atoms with Gasteiger partial charge in [0.15, 0.2) is 0 Å². The van der Waals surface area contributed by atoms with Crippen LogP contribution in [0.3, 0.4) is 0 Å². The third-order valence-electron chi connectivity index (χ3n) is 3.55. The second-order valence-electron chi connectivity index (χ2n) is 5.27. The first-order valence-electron chi connectivity index (χ1n) is 7.43. The normalized spacial score (nSPS) is 15.9. The van der Waals surface area contributed by atoms with E-state index in [2.05, 4.69) is 5.32 Å². The number of hydrogen-bond donors (Lipinski definition) is 1. The van der Waals surface area contributed by atoms with E-state index in [-0.39, 0.29) is 17.3 Å². The molecule has 2 rings (SSSR count). The number of pyridine rings is 1. The van der Waals surface area contributed by atoms with Crippen LogP contribution in [0.2, 0.25) is 0 Å². The van der Waals surface area contributed by atoms with Crippen LogP contribution in [0, 0.1) is 0 Å². The number of aromatic nitrogens is 1. The van der Waals surface area contributed by atoms with Crippen LogP contribution in [0.5, 0.6) is 0 Å². The molecule has 1 saturated heterocycles. The van der Waals surface area contributed by atoms with E-state index in [1.54, 1.807) is 0 Å². The second-order valence-corrected chi connectivity index (χ2v) is 7.17. The molecule has 0 spiro atoms. The molecule has 0 unspecified atom stereocenters. The van der Waals surface area contributed by atoms with Crippen molar-refractivity contribution in [2.45, 2.75) is 37.6 Å². The molecule has 1 aromatic rings. The molecule has 0 aromatic carbocycles. The molecule has 0 bridgehead atoms. The molecule has 0 atom stereocenters. The minimum absolute atomic E-state index is 0.178. The van der Waals surface area contributed by atoms with Gasteiger partial charge in [-0.15, -0.1) is 0 Å². The van der Waals surface area contributed by atoms with E-state index in [1.165, 1.54) is 22.6 Å². The average molecular weight is 327 g/mol. The summed E-state index contributed by atoms with van der Waals surface area (Å²) in [4.78, 5) is 23.8. The molecule has 1 fully saturated rings. The molecule has 1 amide bonds. The van der Waals surface area contributed by atoms with Crippen molar-refractivity contribution >= 4 is 15.9 Å². The highest BCUT2D eigenvalue weighted by Gasteiger charge is 2.29. The van der Waals surface area contributed by atoms with Crippen LogP contribution in [0.1, 0.15) is 26.2 Å². The second kappa shape index (κ2) is 7.06. The van der Waals surface area contributed by atoms with Gasteiger partial charge in [0.25, 0.3) is 5.56 Å². The number of carbonyl (C=O) groups excluding carboxylic acids is 1. The molecular weight excluding hydrogens is 306 g/mol. The van der Waals surface area contributed by atoms with Crippen molar-refractivity contribution in [3.63, 3.8) is 0 Å². The van der Waals surface area contributed by atoms with Gasteiger partial charge in [0.05, 0.1) is 0 Å². The highest BCUT2D eigenvalue weighted by Crippen LogP contribution is 2.17. The summed E-state index contributed by atoms with van der Waals surface area (Å²) in [5.41, 5.74) is -0.652. The van der Waals surface area contributed by atoms with Crippen molar-refractivity contribution in [2.75, 3.05) is 19.6 Å². The van der Waals surface area contributed by atoms with E-state index in [1.807, 2.05) is 6.92 Å². The largest absolute Gasteiger partial charge is 0.355 e. The topological polar surface area (TPSA) is 88.5 Å². The number of nitrogens with one attached hydrogen (secondary N) is 1. The Morgan fingerprint density at radius 1 is 1.32 bits per heavy atom. The molecule has 1 aromatic heterocycles. The number of sulfonamides is 1. The van der Waals surface area contributed by atoms with Crippen LogP contribution in [0.4, 0.5) is 0 Å².